The zero-order valence-corrected chi connectivity index (χ0v) is 23.6. The highest BCUT2D eigenvalue weighted by atomic mass is 35.5. The van der Waals surface area contributed by atoms with Crippen LogP contribution in [0.5, 0.6) is 0 Å². The number of benzene rings is 3. The van der Waals surface area contributed by atoms with Crippen LogP contribution in [0.2, 0.25) is 10.0 Å². The summed E-state index contributed by atoms with van der Waals surface area (Å²) in [5, 5.41) is 3.67. The second-order valence-corrected chi connectivity index (χ2v) is 11.5. The molecular weight excluding hydrogens is 545 g/mol. The lowest BCUT2D eigenvalue weighted by Crippen LogP contribution is -2.51. The third-order valence-corrected chi connectivity index (χ3v) is 8.20. The average Bonchev–Trinajstić information content (AvgIpc) is 2.90. The highest BCUT2D eigenvalue weighted by Gasteiger charge is 2.32. The molecule has 0 aliphatic rings. The van der Waals surface area contributed by atoms with Crippen molar-refractivity contribution in [3.8, 4) is 0 Å². The Kier molecular flexibility index (Phi) is 10.6. The van der Waals surface area contributed by atoms with Crippen molar-refractivity contribution in [2.24, 2.45) is 0 Å². The van der Waals surface area contributed by atoms with Gasteiger partial charge in [-0.25, -0.2) is 8.42 Å². The summed E-state index contributed by atoms with van der Waals surface area (Å²) >= 11 is 12.3. The van der Waals surface area contributed by atoms with E-state index in [2.05, 4.69) is 5.32 Å². The molecular formula is C28H31Cl2N3O4S. The first-order chi connectivity index (χ1) is 18.1. The van der Waals surface area contributed by atoms with E-state index in [-0.39, 0.29) is 23.0 Å². The van der Waals surface area contributed by atoms with Gasteiger partial charge in [-0.15, -0.1) is 0 Å². The summed E-state index contributed by atoms with van der Waals surface area (Å²) in [4.78, 5) is 28.2. The van der Waals surface area contributed by atoms with Gasteiger partial charge in [0.2, 0.25) is 11.8 Å². The van der Waals surface area contributed by atoms with Crippen molar-refractivity contribution in [2.45, 2.75) is 44.2 Å². The monoisotopic (exact) mass is 575 g/mol. The van der Waals surface area contributed by atoms with Gasteiger partial charge in [-0.3, -0.25) is 13.9 Å². The van der Waals surface area contributed by atoms with Gasteiger partial charge in [0.1, 0.15) is 12.6 Å². The van der Waals surface area contributed by atoms with E-state index < -0.39 is 28.5 Å². The van der Waals surface area contributed by atoms with Crippen molar-refractivity contribution in [1.82, 2.24) is 10.2 Å². The van der Waals surface area contributed by atoms with Crippen molar-refractivity contribution in [3.63, 3.8) is 0 Å². The van der Waals surface area contributed by atoms with Gasteiger partial charge in [0.05, 0.1) is 10.6 Å². The second-order valence-electron chi connectivity index (χ2n) is 8.78. The smallest absolute Gasteiger partial charge is 0.264 e. The van der Waals surface area contributed by atoms with Gasteiger partial charge < -0.3 is 10.2 Å². The molecule has 202 valence electrons. The van der Waals surface area contributed by atoms with Crippen molar-refractivity contribution < 1.29 is 18.0 Å². The first kappa shape index (κ1) is 29.5. The summed E-state index contributed by atoms with van der Waals surface area (Å²) in [6.07, 6.45) is 1.71. The lowest BCUT2D eigenvalue weighted by Gasteiger charge is -2.32. The van der Waals surface area contributed by atoms with E-state index in [9.17, 15) is 18.0 Å². The van der Waals surface area contributed by atoms with E-state index in [0.717, 1.165) is 17.1 Å². The van der Waals surface area contributed by atoms with E-state index in [4.69, 9.17) is 23.2 Å². The topological polar surface area (TPSA) is 86.8 Å². The minimum atomic E-state index is -4.14. The number of anilines is 1. The number of hydrogen-bond donors (Lipinski definition) is 1. The van der Waals surface area contributed by atoms with Crippen LogP contribution in [-0.4, -0.2) is 44.3 Å². The fraction of sp³-hybridized carbons (Fsp3) is 0.286. The van der Waals surface area contributed by atoms with Crippen molar-refractivity contribution in [3.05, 3.63) is 94.5 Å². The van der Waals surface area contributed by atoms with Gasteiger partial charge in [0.25, 0.3) is 10.0 Å². The lowest BCUT2D eigenvalue weighted by molar-refractivity contribution is -0.139. The van der Waals surface area contributed by atoms with Gasteiger partial charge in [-0.1, -0.05) is 72.9 Å². The molecule has 0 heterocycles. The summed E-state index contributed by atoms with van der Waals surface area (Å²) in [5.41, 5.74) is 0.941. The molecule has 0 aromatic heterocycles. The quantitative estimate of drug-likeness (QED) is 0.288. The summed E-state index contributed by atoms with van der Waals surface area (Å²) in [7, 11) is -4.14. The molecule has 0 saturated carbocycles. The Morgan fingerprint density at radius 2 is 1.58 bits per heavy atom. The molecule has 0 spiro atoms. The number of unbranched alkanes of at least 4 members (excludes halogenated alkanes) is 1. The maximum Gasteiger partial charge on any atom is 0.264 e. The van der Waals surface area contributed by atoms with E-state index in [1.54, 1.807) is 67.6 Å². The number of rotatable bonds is 12. The van der Waals surface area contributed by atoms with Gasteiger partial charge in [-0.05, 0) is 61.4 Å². The van der Waals surface area contributed by atoms with E-state index in [0.29, 0.717) is 22.2 Å². The average molecular weight is 577 g/mol. The van der Waals surface area contributed by atoms with Crippen LogP contribution in [0.4, 0.5) is 5.69 Å². The molecule has 38 heavy (non-hydrogen) atoms. The van der Waals surface area contributed by atoms with Crippen molar-refractivity contribution in [1.29, 1.82) is 0 Å². The Hall–Kier alpha value is -3.07. The highest BCUT2D eigenvalue weighted by molar-refractivity contribution is 7.92. The molecule has 0 bridgehead atoms. The van der Waals surface area contributed by atoms with Crippen LogP contribution >= 0.6 is 23.2 Å². The SMILES string of the molecule is CCCCNC(=O)[C@H](C)N(Cc1cccc(Cl)c1)C(=O)CN(c1cccc(Cl)c1)S(=O)(=O)c1ccccc1. The summed E-state index contributed by atoms with van der Waals surface area (Å²) in [5.74, 6) is -0.878. The van der Waals surface area contributed by atoms with Gasteiger partial charge in [0, 0.05) is 23.1 Å². The Bertz CT molecular complexity index is 1350. The van der Waals surface area contributed by atoms with Crippen LogP contribution in [0.15, 0.2) is 83.8 Å². The third-order valence-electron chi connectivity index (χ3n) is 5.95. The first-order valence-electron chi connectivity index (χ1n) is 12.3. The van der Waals surface area contributed by atoms with Gasteiger partial charge in [-0.2, -0.15) is 0 Å². The number of nitrogens with zero attached hydrogens (tertiary/aromatic N) is 2. The first-order valence-corrected chi connectivity index (χ1v) is 14.5. The zero-order chi connectivity index (χ0) is 27.7. The summed E-state index contributed by atoms with van der Waals surface area (Å²) < 4.78 is 28.4. The van der Waals surface area contributed by atoms with Gasteiger partial charge >= 0.3 is 0 Å². The van der Waals surface area contributed by atoms with Crippen molar-refractivity contribution >= 4 is 50.7 Å². The molecule has 0 aliphatic carbocycles. The third kappa shape index (κ3) is 7.72. The maximum absolute atomic E-state index is 13.8. The molecule has 0 saturated heterocycles. The van der Waals surface area contributed by atoms with Crippen LogP contribution in [0.25, 0.3) is 0 Å². The van der Waals surface area contributed by atoms with Crippen LogP contribution in [0.3, 0.4) is 0 Å². The molecule has 0 unspecified atom stereocenters. The highest BCUT2D eigenvalue weighted by Crippen LogP contribution is 2.27. The predicted molar refractivity (Wildman–Crippen MR) is 152 cm³/mol. The molecule has 3 aromatic carbocycles. The minimum absolute atomic E-state index is 0.0273. The summed E-state index contributed by atoms with van der Waals surface area (Å²) in [6.45, 7) is 3.65. The number of sulfonamides is 1. The van der Waals surface area contributed by atoms with E-state index in [1.807, 2.05) is 6.92 Å². The Labute approximate surface area is 234 Å². The van der Waals surface area contributed by atoms with E-state index >= 15 is 0 Å². The minimum Gasteiger partial charge on any atom is -0.354 e. The molecule has 1 N–H and O–H groups in total. The fourth-order valence-corrected chi connectivity index (χ4v) is 5.65. The molecule has 1 atom stereocenters. The Balaban J connectivity index is 1.99. The van der Waals surface area contributed by atoms with Crippen LogP contribution < -0.4 is 9.62 Å². The normalized spacial score (nSPS) is 12.0. The molecule has 7 nitrogen and oxygen atoms in total. The Morgan fingerprint density at radius 3 is 2.21 bits per heavy atom. The molecule has 2 amide bonds. The van der Waals surface area contributed by atoms with Crippen LogP contribution in [-0.2, 0) is 26.2 Å². The molecule has 3 aromatic rings. The maximum atomic E-state index is 13.8. The molecule has 10 heteroatoms. The predicted octanol–water partition coefficient (Wildman–Crippen LogP) is 5.52. The summed E-state index contributed by atoms with van der Waals surface area (Å²) in [6, 6.07) is 20.3. The number of carbonyl (C=O) groups excluding carboxylic acids is 2. The zero-order valence-electron chi connectivity index (χ0n) is 21.3. The largest absolute Gasteiger partial charge is 0.354 e. The molecule has 0 fully saturated rings. The number of nitrogens with one attached hydrogen (secondary N) is 1. The van der Waals surface area contributed by atoms with E-state index in [1.165, 1.54) is 23.1 Å². The van der Waals surface area contributed by atoms with Crippen LogP contribution in [0, 0.1) is 0 Å². The van der Waals surface area contributed by atoms with Gasteiger partial charge in [0.15, 0.2) is 0 Å². The molecule has 0 radical (unpaired) electrons. The fourth-order valence-electron chi connectivity index (χ4n) is 3.83. The van der Waals surface area contributed by atoms with Crippen LogP contribution in [0.1, 0.15) is 32.3 Å². The van der Waals surface area contributed by atoms with Crippen molar-refractivity contribution in [2.75, 3.05) is 17.4 Å². The standard InChI is InChI=1S/C28H31Cl2N3O4S/c1-3-4-16-31-28(35)21(2)32(19-22-10-8-11-23(29)17-22)27(34)20-33(25-13-9-12-24(30)18-25)38(36,37)26-14-6-5-7-15-26/h5-15,17-18,21H,3-4,16,19-20H2,1-2H3,(H,31,35)/t21-/m0/s1. The number of carbonyl (C=O) groups is 2. The molecule has 0 aliphatic heterocycles. The lowest BCUT2D eigenvalue weighted by atomic mass is 10.1. The molecule has 3 rings (SSSR count). The number of amides is 2. The Morgan fingerprint density at radius 1 is 0.921 bits per heavy atom. The number of hydrogen-bond acceptors (Lipinski definition) is 4. The number of halogens is 2. The second kappa shape index (κ2) is 13.6.